The van der Waals surface area contributed by atoms with Gasteiger partial charge < -0.3 is 24.4 Å². The average molecular weight is 575 g/mol. The van der Waals surface area contributed by atoms with Crippen molar-refractivity contribution in [2.45, 2.75) is 156 Å². The van der Waals surface area contributed by atoms with Crippen LogP contribution in [0.5, 0.6) is 0 Å². The van der Waals surface area contributed by atoms with E-state index >= 15 is 0 Å². The smallest absolute Gasteiger partial charge is 0.302 e. The van der Waals surface area contributed by atoms with Crippen molar-refractivity contribution in [1.82, 2.24) is 0 Å². The number of aliphatic hydroxyl groups excluding tert-OH is 1. The highest BCUT2D eigenvalue weighted by Gasteiger charge is 2.85. The second kappa shape index (κ2) is 8.72. The lowest BCUT2D eigenvalue weighted by Crippen LogP contribution is -2.64. The minimum atomic E-state index is -0.969. The van der Waals surface area contributed by atoms with E-state index in [2.05, 4.69) is 34.6 Å². The van der Waals surface area contributed by atoms with Crippen LogP contribution in [0.2, 0.25) is 0 Å². The molecule has 5 saturated carbocycles. The number of esters is 2. The molecule has 0 amide bonds. The lowest BCUT2D eigenvalue weighted by atomic mass is 9.41. The quantitative estimate of drug-likeness (QED) is 0.423. The van der Waals surface area contributed by atoms with E-state index in [0.29, 0.717) is 11.8 Å². The first-order valence-corrected chi connectivity index (χ1v) is 16.2. The maximum atomic E-state index is 12.5. The van der Waals surface area contributed by atoms with Crippen molar-refractivity contribution in [3.8, 4) is 0 Å². The van der Waals surface area contributed by atoms with E-state index in [1.54, 1.807) is 13.8 Å². The van der Waals surface area contributed by atoms with Crippen LogP contribution >= 0.6 is 0 Å². The maximum absolute atomic E-state index is 12.5. The van der Waals surface area contributed by atoms with Gasteiger partial charge in [-0.25, -0.2) is 0 Å². The monoisotopic (exact) mass is 574 g/mol. The van der Waals surface area contributed by atoms with Crippen LogP contribution in [-0.4, -0.2) is 57.8 Å². The Morgan fingerprint density at radius 1 is 0.854 bits per heavy atom. The molecule has 1 heterocycles. The Morgan fingerprint density at radius 3 is 2.07 bits per heavy atom. The van der Waals surface area contributed by atoms with Crippen LogP contribution in [0.15, 0.2) is 0 Å². The van der Waals surface area contributed by atoms with E-state index in [-0.39, 0.29) is 57.8 Å². The Hall–Kier alpha value is -1.18. The highest BCUT2D eigenvalue weighted by atomic mass is 16.6. The molecule has 0 aromatic carbocycles. The molecular formula is C34H54O7. The molecule has 2 N–H and O–H groups in total. The number of ether oxygens (including phenoxy) is 3. The number of rotatable bonds is 4. The Morgan fingerprint density at radius 2 is 1.49 bits per heavy atom. The molecule has 1 saturated heterocycles. The minimum absolute atomic E-state index is 0.0603. The lowest BCUT2D eigenvalue weighted by molar-refractivity contribution is -0.233. The highest BCUT2D eigenvalue weighted by molar-refractivity contribution is 5.66. The molecule has 7 nitrogen and oxygen atoms in total. The molecule has 7 heteroatoms. The summed E-state index contributed by atoms with van der Waals surface area (Å²) in [7, 11) is 0. The molecule has 41 heavy (non-hydrogen) atoms. The van der Waals surface area contributed by atoms with Crippen molar-refractivity contribution in [2.24, 2.45) is 44.8 Å². The van der Waals surface area contributed by atoms with Crippen LogP contribution in [-0.2, 0) is 23.8 Å². The zero-order chi connectivity index (χ0) is 30.2. The highest BCUT2D eigenvalue weighted by Crippen LogP contribution is 2.89. The fourth-order valence-electron chi connectivity index (χ4n) is 12.8. The Bertz CT molecular complexity index is 1130. The maximum Gasteiger partial charge on any atom is 0.302 e. The zero-order valence-corrected chi connectivity index (χ0v) is 26.8. The summed E-state index contributed by atoms with van der Waals surface area (Å²) in [6.45, 7) is 18.0. The average Bonchev–Trinajstić information content (AvgIpc) is 3.17. The number of aliphatic hydroxyl groups is 2. The van der Waals surface area contributed by atoms with E-state index in [9.17, 15) is 19.8 Å². The van der Waals surface area contributed by atoms with Crippen LogP contribution in [0.25, 0.3) is 0 Å². The Labute approximate surface area is 246 Å². The van der Waals surface area contributed by atoms with Crippen molar-refractivity contribution in [3.63, 3.8) is 0 Å². The summed E-state index contributed by atoms with van der Waals surface area (Å²) >= 11 is 0. The molecule has 0 radical (unpaired) electrons. The fraction of sp³-hybridized carbons (Fsp3) is 0.941. The SMILES string of the molecule is CC(=O)O[C@H]1C[C@@]2(C)[C@@H]3CC[C@H]4C(C)(C)[C@@H](OC(C)=O)CC[C@@]45C[C@@]35C[C@@H](O)[C@]2(C)[C@H]1[C@@]1(C)CC[C@@H](C(C)(C)O)O1. The van der Waals surface area contributed by atoms with Crippen LogP contribution in [0.1, 0.15) is 120 Å². The third-order valence-electron chi connectivity index (χ3n) is 14.4. The summed E-state index contributed by atoms with van der Waals surface area (Å²) < 4.78 is 18.8. The molecule has 0 aromatic heterocycles. The van der Waals surface area contributed by atoms with Gasteiger partial charge >= 0.3 is 11.9 Å². The predicted molar refractivity (Wildman–Crippen MR) is 154 cm³/mol. The van der Waals surface area contributed by atoms with Crippen molar-refractivity contribution in [1.29, 1.82) is 0 Å². The van der Waals surface area contributed by atoms with Crippen LogP contribution in [0, 0.1) is 44.8 Å². The molecule has 6 aliphatic rings. The molecule has 2 spiro atoms. The van der Waals surface area contributed by atoms with E-state index in [1.165, 1.54) is 13.8 Å². The summed E-state index contributed by atoms with van der Waals surface area (Å²) in [5.41, 5.74) is -2.22. The number of carbonyl (C=O) groups excluding carboxylic acids is 2. The van der Waals surface area contributed by atoms with Gasteiger partial charge in [0.2, 0.25) is 0 Å². The Balaban J connectivity index is 1.38. The molecule has 0 bridgehead atoms. The molecule has 5 aliphatic carbocycles. The molecular weight excluding hydrogens is 520 g/mol. The zero-order valence-electron chi connectivity index (χ0n) is 26.8. The van der Waals surface area contributed by atoms with Gasteiger partial charge in [-0.1, -0.05) is 27.7 Å². The first-order chi connectivity index (χ1) is 18.8. The molecule has 6 fully saturated rings. The normalized spacial score (nSPS) is 53.4. The lowest BCUT2D eigenvalue weighted by Gasteiger charge is -2.65. The van der Waals surface area contributed by atoms with Crippen LogP contribution in [0.4, 0.5) is 0 Å². The number of fused-ring (bicyclic) bond motifs is 2. The van der Waals surface area contributed by atoms with E-state index in [1.807, 2.05) is 0 Å². The standard InChI is InChI=1S/C34H54O7/c1-19(35)39-21-16-30(7)23-11-10-22-28(3,4)25(40-20(2)36)13-15-33(22)18-34(23,33)17-24(37)32(30,9)27(21)31(8)14-12-26(41-31)29(5,6)38/h21-27,37-38H,10-18H2,1-9H3/t21-,22-,23-,24+,25-,26-,27+,30-,31+,32+,33+,34-/m0/s1. The van der Waals surface area contributed by atoms with Gasteiger partial charge in [0.1, 0.15) is 12.2 Å². The molecule has 0 unspecified atom stereocenters. The Kier molecular flexibility index (Phi) is 6.35. The molecule has 232 valence electrons. The van der Waals surface area contributed by atoms with Gasteiger partial charge in [0.25, 0.3) is 0 Å². The van der Waals surface area contributed by atoms with Crippen molar-refractivity contribution < 1.29 is 34.0 Å². The molecule has 1 aliphatic heterocycles. The van der Waals surface area contributed by atoms with Gasteiger partial charge in [0, 0.05) is 30.6 Å². The van der Waals surface area contributed by atoms with Crippen molar-refractivity contribution in [3.05, 3.63) is 0 Å². The number of hydrogen-bond acceptors (Lipinski definition) is 7. The first-order valence-electron chi connectivity index (χ1n) is 16.2. The fourth-order valence-corrected chi connectivity index (χ4v) is 12.8. The van der Waals surface area contributed by atoms with Gasteiger partial charge in [0.15, 0.2) is 0 Å². The second-order valence-corrected chi connectivity index (χ2v) is 17.0. The van der Waals surface area contributed by atoms with E-state index in [0.717, 1.165) is 57.8 Å². The first kappa shape index (κ1) is 29.9. The van der Waals surface area contributed by atoms with Crippen LogP contribution < -0.4 is 0 Å². The molecule has 12 atom stereocenters. The van der Waals surface area contributed by atoms with Crippen molar-refractivity contribution >= 4 is 11.9 Å². The third kappa shape index (κ3) is 3.73. The van der Waals surface area contributed by atoms with Gasteiger partial charge in [-0.2, -0.15) is 0 Å². The summed E-state index contributed by atoms with van der Waals surface area (Å²) in [5, 5.41) is 23.3. The number of hydrogen-bond donors (Lipinski definition) is 2. The summed E-state index contributed by atoms with van der Waals surface area (Å²) in [4.78, 5) is 24.5. The predicted octanol–water partition coefficient (Wildman–Crippen LogP) is 5.58. The molecule has 0 aromatic rings. The van der Waals surface area contributed by atoms with Crippen LogP contribution in [0.3, 0.4) is 0 Å². The molecule has 6 rings (SSSR count). The summed E-state index contributed by atoms with van der Waals surface area (Å²) in [6.07, 6.45) is 6.95. The van der Waals surface area contributed by atoms with Gasteiger partial charge in [-0.3, -0.25) is 9.59 Å². The third-order valence-corrected chi connectivity index (χ3v) is 14.4. The minimum Gasteiger partial charge on any atom is -0.462 e. The topological polar surface area (TPSA) is 102 Å². The largest absolute Gasteiger partial charge is 0.462 e. The van der Waals surface area contributed by atoms with E-state index < -0.39 is 22.7 Å². The second-order valence-electron chi connectivity index (χ2n) is 17.0. The number of carbonyl (C=O) groups is 2. The van der Waals surface area contributed by atoms with Gasteiger partial charge in [-0.05, 0) is 107 Å². The summed E-state index contributed by atoms with van der Waals surface area (Å²) in [6, 6.07) is 0. The summed E-state index contributed by atoms with van der Waals surface area (Å²) in [5.74, 6) is 0.214. The van der Waals surface area contributed by atoms with Gasteiger partial charge in [-0.15, -0.1) is 0 Å². The van der Waals surface area contributed by atoms with Crippen molar-refractivity contribution in [2.75, 3.05) is 0 Å². The van der Waals surface area contributed by atoms with Gasteiger partial charge in [0.05, 0.1) is 23.4 Å². The van der Waals surface area contributed by atoms with E-state index in [4.69, 9.17) is 14.2 Å².